The molecule has 1 heterocycles. The summed E-state index contributed by atoms with van der Waals surface area (Å²) in [5.74, 6) is 0.218. The molecule has 0 fully saturated rings. The van der Waals surface area contributed by atoms with Crippen LogP contribution in [0, 0.1) is 0 Å². The van der Waals surface area contributed by atoms with E-state index in [1.165, 1.54) is 6.26 Å². The smallest absolute Gasteiger partial charge is 0.147 e. The number of sulfone groups is 1. The zero-order valence-electron chi connectivity index (χ0n) is 12.4. The maximum absolute atomic E-state index is 11.1. The van der Waals surface area contributed by atoms with E-state index in [1.807, 2.05) is 54.3 Å². The molecule has 0 spiro atoms. The van der Waals surface area contributed by atoms with Crippen LogP contribution < -0.4 is 5.32 Å². The molecule has 2 aromatic rings. The highest BCUT2D eigenvalue weighted by Gasteiger charge is 2.09. The Labute approximate surface area is 125 Å². The van der Waals surface area contributed by atoms with Crippen molar-refractivity contribution in [3.63, 3.8) is 0 Å². The van der Waals surface area contributed by atoms with Crippen molar-refractivity contribution in [2.75, 3.05) is 18.6 Å². The van der Waals surface area contributed by atoms with Gasteiger partial charge in [0.25, 0.3) is 0 Å². The molecule has 1 aromatic carbocycles. The molecule has 1 unspecified atom stereocenters. The third-order valence-electron chi connectivity index (χ3n) is 3.27. The third kappa shape index (κ3) is 4.99. The minimum absolute atomic E-state index is 0.141. The lowest BCUT2D eigenvalue weighted by Gasteiger charge is -2.11. The fourth-order valence-electron chi connectivity index (χ4n) is 2.05. The van der Waals surface area contributed by atoms with Crippen LogP contribution in [0.1, 0.15) is 24.9 Å². The summed E-state index contributed by atoms with van der Waals surface area (Å²) < 4.78 is 24.0. The lowest BCUT2D eigenvalue weighted by Crippen LogP contribution is -2.21. The molecule has 0 amide bonds. The number of aromatic nitrogens is 2. The van der Waals surface area contributed by atoms with Crippen molar-refractivity contribution in [2.24, 2.45) is 0 Å². The second-order valence-electron chi connectivity index (χ2n) is 5.21. The number of para-hydroxylation sites is 1. The number of rotatable bonds is 7. The quantitative estimate of drug-likeness (QED) is 0.794. The molecule has 21 heavy (non-hydrogen) atoms. The lowest BCUT2D eigenvalue weighted by molar-refractivity contribution is 0.562. The maximum Gasteiger partial charge on any atom is 0.147 e. The Morgan fingerprint density at radius 3 is 2.67 bits per heavy atom. The summed E-state index contributed by atoms with van der Waals surface area (Å²) in [6, 6.07) is 10.1. The molecule has 0 aliphatic heterocycles. The minimum atomic E-state index is -2.88. The van der Waals surface area contributed by atoms with Gasteiger partial charge in [-0.15, -0.1) is 0 Å². The summed E-state index contributed by atoms with van der Waals surface area (Å²) in [5.41, 5.74) is 2.10. The highest BCUT2D eigenvalue weighted by Crippen LogP contribution is 2.14. The predicted molar refractivity (Wildman–Crippen MR) is 84.3 cm³/mol. The zero-order chi connectivity index (χ0) is 15.3. The van der Waals surface area contributed by atoms with Crippen LogP contribution in [0.4, 0.5) is 0 Å². The lowest BCUT2D eigenvalue weighted by atomic mass is 10.2. The van der Waals surface area contributed by atoms with Gasteiger partial charge in [-0.1, -0.05) is 18.2 Å². The normalized spacial score (nSPS) is 13.2. The van der Waals surface area contributed by atoms with E-state index in [4.69, 9.17) is 0 Å². The Bertz CT molecular complexity index is 665. The van der Waals surface area contributed by atoms with E-state index in [9.17, 15) is 8.42 Å². The van der Waals surface area contributed by atoms with Gasteiger partial charge in [-0.3, -0.25) is 0 Å². The van der Waals surface area contributed by atoms with Crippen molar-refractivity contribution < 1.29 is 8.42 Å². The minimum Gasteiger partial charge on any atom is -0.310 e. The van der Waals surface area contributed by atoms with Crippen LogP contribution in [0.3, 0.4) is 0 Å². The summed E-state index contributed by atoms with van der Waals surface area (Å²) in [4.78, 5) is 0. The molecule has 5 nitrogen and oxygen atoms in total. The molecule has 0 aliphatic rings. The largest absolute Gasteiger partial charge is 0.310 e. The number of hydrogen-bond donors (Lipinski definition) is 1. The number of nitrogens with one attached hydrogen (secondary N) is 1. The van der Waals surface area contributed by atoms with Crippen molar-refractivity contribution in [3.8, 4) is 5.69 Å². The predicted octanol–water partition coefficient (Wildman–Crippen LogP) is 1.96. The van der Waals surface area contributed by atoms with E-state index in [-0.39, 0.29) is 11.8 Å². The zero-order valence-corrected chi connectivity index (χ0v) is 13.2. The summed E-state index contributed by atoms with van der Waals surface area (Å²) in [5, 5.41) is 7.67. The molecule has 0 aliphatic carbocycles. The van der Waals surface area contributed by atoms with Crippen LogP contribution in [0.2, 0.25) is 0 Å². The highest BCUT2D eigenvalue weighted by molar-refractivity contribution is 7.90. The molecule has 1 N–H and O–H groups in total. The SMILES string of the molecule is CC(NCCCS(C)(=O)=O)c1cnn(-c2ccccc2)c1. The van der Waals surface area contributed by atoms with Crippen molar-refractivity contribution in [3.05, 3.63) is 48.3 Å². The molecular weight excluding hydrogens is 286 g/mol. The van der Waals surface area contributed by atoms with E-state index in [0.29, 0.717) is 13.0 Å². The van der Waals surface area contributed by atoms with E-state index in [1.54, 1.807) is 0 Å². The summed E-state index contributed by atoms with van der Waals surface area (Å²) in [7, 11) is -2.88. The van der Waals surface area contributed by atoms with Crippen LogP contribution in [0.25, 0.3) is 5.69 Å². The van der Waals surface area contributed by atoms with E-state index >= 15 is 0 Å². The monoisotopic (exact) mass is 307 g/mol. The Morgan fingerprint density at radius 1 is 1.29 bits per heavy atom. The maximum atomic E-state index is 11.1. The van der Waals surface area contributed by atoms with Crippen LogP contribution in [0.15, 0.2) is 42.7 Å². The molecule has 0 bridgehead atoms. The molecule has 6 heteroatoms. The first-order valence-corrected chi connectivity index (χ1v) is 9.03. The van der Waals surface area contributed by atoms with Gasteiger partial charge in [0.1, 0.15) is 9.84 Å². The molecular formula is C15H21N3O2S. The Balaban J connectivity index is 1.89. The van der Waals surface area contributed by atoms with Crippen molar-refractivity contribution in [2.45, 2.75) is 19.4 Å². The van der Waals surface area contributed by atoms with Crippen molar-refractivity contribution >= 4 is 9.84 Å². The second-order valence-corrected chi connectivity index (χ2v) is 7.47. The van der Waals surface area contributed by atoms with Gasteiger partial charge in [-0.05, 0) is 32.0 Å². The van der Waals surface area contributed by atoms with Crippen molar-refractivity contribution in [1.29, 1.82) is 0 Å². The van der Waals surface area contributed by atoms with Gasteiger partial charge in [0.2, 0.25) is 0 Å². The number of nitrogens with zero attached hydrogens (tertiary/aromatic N) is 2. The van der Waals surface area contributed by atoms with E-state index < -0.39 is 9.84 Å². The summed E-state index contributed by atoms with van der Waals surface area (Å²) in [6.07, 6.45) is 5.71. The van der Waals surface area contributed by atoms with Gasteiger partial charge in [0.05, 0.1) is 17.6 Å². The average Bonchev–Trinajstić information content (AvgIpc) is 2.93. The standard InChI is InChI=1S/C15H21N3O2S/c1-13(16-9-6-10-21(2,19)20)14-11-17-18(12-14)15-7-4-3-5-8-15/h3-5,7-8,11-13,16H,6,9-10H2,1-2H3. The van der Waals surface area contributed by atoms with Gasteiger partial charge in [0, 0.05) is 24.1 Å². The van der Waals surface area contributed by atoms with Gasteiger partial charge in [-0.25, -0.2) is 13.1 Å². The molecule has 1 atom stereocenters. The Morgan fingerprint density at radius 2 is 2.00 bits per heavy atom. The van der Waals surface area contributed by atoms with Crippen molar-refractivity contribution in [1.82, 2.24) is 15.1 Å². The van der Waals surface area contributed by atoms with Crippen LogP contribution in [-0.2, 0) is 9.84 Å². The second kappa shape index (κ2) is 6.87. The first-order valence-electron chi connectivity index (χ1n) is 6.97. The van der Waals surface area contributed by atoms with E-state index in [2.05, 4.69) is 10.4 Å². The van der Waals surface area contributed by atoms with Crippen LogP contribution in [-0.4, -0.2) is 36.8 Å². The fourth-order valence-corrected chi connectivity index (χ4v) is 2.72. The average molecular weight is 307 g/mol. The molecule has 0 saturated carbocycles. The van der Waals surface area contributed by atoms with E-state index in [0.717, 1.165) is 11.3 Å². The van der Waals surface area contributed by atoms with Crippen LogP contribution in [0.5, 0.6) is 0 Å². The van der Waals surface area contributed by atoms with Gasteiger partial charge >= 0.3 is 0 Å². The third-order valence-corrected chi connectivity index (χ3v) is 4.30. The van der Waals surface area contributed by atoms with Gasteiger partial charge in [0.15, 0.2) is 0 Å². The Hall–Kier alpha value is -1.66. The molecule has 0 saturated heterocycles. The number of benzene rings is 1. The fraction of sp³-hybridized carbons (Fsp3) is 0.400. The topological polar surface area (TPSA) is 64.0 Å². The van der Waals surface area contributed by atoms with Crippen LogP contribution >= 0.6 is 0 Å². The molecule has 2 rings (SSSR count). The summed E-state index contributed by atoms with van der Waals surface area (Å²) in [6.45, 7) is 2.72. The molecule has 114 valence electrons. The molecule has 0 radical (unpaired) electrons. The van der Waals surface area contributed by atoms with Gasteiger partial charge < -0.3 is 5.32 Å². The first-order chi connectivity index (χ1) is 9.96. The number of hydrogen-bond acceptors (Lipinski definition) is 4. The first kappa shape index (κ1) is 15.7. The molecule has 1 aromatic heterocycles. The Kier molecular flexibility index (Phi) is 5.14. The van der Waals surface area contributed by atoms with Gasteiger partial charge in [-0.2, -0.15) is 5.10 Å². The summed E-state index contributed by atoms with van der Waals surface area (Å²) >= 11 is 0. The highest BCUT2D eigenvalue weighted by atomic mass is 32.2.